The summed E-state index contributed by atoms with van der Waals surface area (Å²) < 4.78 is 5.47. The molecule has 5 nitrogen and oxygen atoms in total. The van der Waals surface area contributed by atoms with Crippen molar-refractivity contribution in [3.63, 3.8) is 0 Å². The zero-order valence-electron chi connectivity index (χ0n) is 13.8. The van der Waals surface area contributed by atoms with Gasteiger partial charge in [-0.3, -0.25) is 4.79 Å². The van der Waals surface area contributed by atoms with Crippen LogP contribution in [0.2, 0.25) is 0 Å². The Hall–Kier alpha value is -2.16. The van der Waals surface area contributed by atoms with E-state index in [9.17, 15) is 4.79 Å². The average Bonchev–Trinajstić information content (AvgIpc) is 3.08. The predicted octanol–water partition coefficient (Wildman–Crippen LogP) is 2.27. The van der Waals surface area contributed by atoms with Crippen LogP contribution < -0.4 is 10.6 Å². The number of hydrogen-bond donors (Lipinski definition) is 2. The maximum Gasteiger partial charge on any atom is 0.222 e. The lowest BCUT2D eigenvalue weighted by molar-refractivity contribution is -0.124. The number of nitriles is 1. The lowest BCUT2D eigenvalue weighted by Crippen LogP contribution is -2.36. The van der Waals surface area contributed by atoms with Gasteiger partial charge in [-0.1, -0.05) is 12.1 Å². The minimum absolute atomic E-state index is 0.00375. The van der Waals surface area contributed by atoms with E-state index >= 15 is 0 Å². The van der Waals surface area contributed by atoms with E-state index < -0.39 is 0 Å². The SMILES string of the molecule is Cc1cc(C#N)ccc1C1=CCN[CH][C@@H]1CC(=O)N[C@@H]1CCCO1. The lowest BCUT2D eigenvalue weighted by atomic mass is 9.85. The van der Waals surface area contributed by atoms with Crippen LogP contribution in [-0.2, 0) is 9.53 Å². The first kappa shape index (κ1) is 16.7. The fraction of sp³-hybridized carbons (Fsp3) is 0.421. The second kappa shape index (κ2) is 7.61. The van der Waals surface area contributed by atoms with E-state index in [2.05, 4.69) is 22.8 Å². The number of carbonyl (C=O) groups is 1. The molecule has 0 bridgehead atoms. The molecule has 2 atom stereocenters. The molecule has 2 N–H and O–H groups in total. The summed E-state index contributed by atoms with van der Waals surface area (Å²) in [6, 6.07) is 7.86. The number of amides is 1. The zero-order chi connectivity index (χ0) is 16.9. The van der Waals surface area contributed by atoms with Crippen molar-refractivity contribution in [3.8, 4) is 6.07 Å². The predicted molar refractivity (Wildman–Crippen MR) is 91.4 cm³/mol. The Morgan fingerprint density at radius 1 is 1.50 bits per heavy atom. The van der Waals surface area contributed by atoms with Crippen LogP contribution in [0.3, 0.4) is 0 Å². The molecule has 0 spiro atoms. The summed E-state index contributed by atoms with van der Waals surface area (Å²) in [5, 5.41) is 15.2. The minimum Gasteiger partial charge on any atom is -0.359 e. The number of nitrogens with zero attached hydrogens (tertiary/aromatic N) is 1. The Bertz CT molecular complexity index is 684. The van der Waals surface area contributed by atoms with Crippen molar-refractivity contribution in [2.75, 3.05) is 13.2 Å². The van der Waals surface area contributed by atoms with Gasteiger partial charge in [-0.15, -0.1) is 0 Å². The van der Waals surface area contributed by atoms with Crippen LogP contribution in [-0.4, -0.2) is 25.3 Å². The molecule has 0 saturated carbocycles. The molecule has 0 aliphatic carbocycles. The Morgan fingerprint density at radius 2 is 2.38 bits per heavy atom. The van der Waals surface area contributed by atoms with E-state index in [-0.39, 0.29) is 18.1 Å². The first-order valence-corrected chi connectivity index (χ1v) is 8.36. The molecule has 24 heavy (non-hydrogen) atoms. The lowest BCUT2D eigenvalue weighted by Gasteiger charge is -2.26. The van der Waals surface area contributed by atoms with Crippen LogP contribution in [0.1, 0.15) is 36.0 Å². The maximum atomic E-state index is 12.3. The molecule has 1 radical (unpaired) electrons. The Kier molecular flexibility index (Phi) is 5.29. The third-order valence-corrected chi connectivity index (χ3v) is 4.48. The molecule has 2 heterocycles. The summed E-state index contributed by atoms with van der Waals surface area (Å²) >= 11 is 0. The summed E-state index contributed by atoms with van der Waals surface area (Å²) in [7, 11) is 0. The highest BCUT2D eigenvalue weighted by molar-refractivity contribution is 5.81. The van der Waals surface area contributed by atoms with Crippen molar-refractivity contribution in [2.24, 2.45) is 5.92 Å². The van der Waals surface area contributed by atoms with Gasteiger partial charge in [0, 0.05) is 32.0 Å². The van der Waals surface area contributed by atoms with Crippen molar-refractivity contribution >= 4 is 11.5 Å². The van der Waals surface area contributed by atoms with Crippen molar-refractivity contribution in [2.45, 2.75) is 32.4 Å². The Labute approximate surface area is 142 Å². The van der Waals surface area contributed by atoms with Crippen LogP contribution in [0.5, 0.6) is 0 Å². The molecule has 1 saturated heterocycles. The van der Waals surface area contributed by atoms with Gasteiger partial charge in [-0.25, -0.2) is 0 Å². The summed E-state index contributed by atoms with van der Waals surface area (Å²) in [6.45, 7) is 5.46. The fourth-order valence-corrected chi connectivity index (χ4v) is 3.29. The fourth-order valence-electron chi connectivity index (χ4n) is 3.29. The van der Waals surface area contributed by atoms with Crippen LogP contribution in [0.15, 0.2) is 24.3 Å². The molecule has 1 aromatic rings. The second-order valence-electron chi connectivity index (χ2n) is 6.26. The summed E-state index contributed by atoms with van der Waals surface area (Å²) in [5.74, 6) is 0.0100. The van der Waals surface area contributed by atoms with E-state index in [1.807, 2.05) is 31.7 Å². The molecular formula is C19H22N3O2. The molecule has 0 unspecified atom stereocenters. The molecule has 3 rings (SSSR count). The van der Waals surface area contributed by atoms with E-state index in [0.717, 1.165) is 42.7 Å². The number of ether oxygens (including phenoxy) is 1. The van der Waals surface area contributed by atoms with E-state index in [0.29, 0.717) is 12.0 Å². The number of hydrogen-bond acceptors (Lipinski definition) is 4. The second-order valence-corrected chi connectivity index (χ2v) is 6.26. The first-order valence-electron chi connectivity index (χ1n) is 8.36. The quantitative estimate of drug-likeness (QED) is 0.891. The van der Waals surface area contributed by atoms with Gasteiger partial charge < -0.3 is 15.4 Å². The highest BCUT2D eigenvalue weighted by Gasteiger charge is 2.25. The van der Waals surface area contributed by atoms with Crippen molar-refractivity contribution in [1.82, 2.24) is 10.6 Å². The van der Waals surface area contributed by atoms with Gasteiger partial charge in [0.05, 0.1) is 11.6 Å². The van der Waals surface area contributed by atoms with Gasteiger partial charge in [0.25, 0.3) is 0 Å². The van der Waals surface area contributed by atoms with Crippen LogP contribution in [0.25, 0.3) is 5.57 Å². The molecule has 1 amide bonds. The molecule has 1 fully saturated rings. The van der Waals surface area contributed by atoms with E-state index in [1.165, 1.54) is 0 Å². The van der Waals surface area contributed by atoms with Crippen molar-refractivity contribution < 1.29 is 9.53 Å². The topological polar surface area (TPSA) is 74.2 Å². The number of benzene rings is 1. The maximum absolute atomic E-state index is 12.3. The van der Waals surface area contributed by atoms with Gasteiger partial charge in [0.1, 0.15) is 6.23 Å². The van der Waals surface area contributed by atoms with Gasteiger partial charge in [0.2, 0.25) is 5.91 Å². The molecule has 1 aromatic carbocycles. The Balaban J connectivity index is 1.72. The molecule has 0 aromatic heterocycles. The van der Waals surface area contributed by atoms with Gasteiger partial charge in [-0.2, -0.15) is 5.26 Å². The number of carbonyl (C=O) groups excluding carboxylic acids is 1. The molecule has 125 valence electrons. The molecule has 2 aliphatic heterocycles. The van der Waals surface area contributed by atoms with Crippen LogP contribution in [0.4, 0.5) is 0 Å². The monoisotopic (exact) mass is 324 g/mol. The van der Waals surface area contributed by atoms with E-state index in [1.54, 1.807) is 0 Å². The van der Waals surface area contributed by atoms with Crippen molar-refractivity contribution in [1.29, 1.82) is 5.26 Å². The average molecular weight is 324 g/mol. The highest BCUT2D eigenvalue weighted by Crippen LogP contribution is 2.32. The number of nitrogens with one attached hydrogen (secondary N) is 2. The van der Waals surface area contributed by atoms with Gasteiger partial charge in [0.15, 0.2) is 0 Å². The number of aryl methyl sites for hydroxylation is 1. The zero-order valence-corrected chi connectivity index (χ0v) is 13.8. The largest absolute Gasteiger partial charge is 0.359 e. The van der Waals surface area contributed by atoms with Crippen LogP contribution in [0, 0.1) is 30.7 Å². The first-order chi connectivity index (χ1) is 11.7. The van der Waals surface area contributed by atoms with Crippen molar-refractivity contribution in [3.05, 3.63) is 47.5 Å². The van der Waals surface area contributed by atoms with E-state index in [4.69, 9.17) is 10.00 Å². The van der Waals surface area contributed by atoms with Gasteiger partial charge in [-0.05, 0) is 48.6 Å². The summed E-state index contributed by atoms with van der Waals surface area (Å²) in [5.41, 5.74) is 3.95. The van der Waals surface area contributed by atoms with Gasteiger partial charge >= 0.3 is 0 Å². The standard InChI is InChI=1S/C19H22N3O2/c1-13-9-14(11-20)4-5-16(13)17-6-7-21-12-15(17)10-18(23)22-19-3-2-8-24-19/h4-6,9,12,15,19,21H,2-3,7-8,10H2,1H3,(H,22,23)/t15-,19-/m0/s1. The smallest absolute Gasteiger partial charge is 0.222 e. The summed E-state index contributed by atoms with van der Waals surface area (Å²) in [4.78, 5) is 12.3. The highest BCUT2D eigenvalue weighted by atomic mass is 16.5. The minimum atomic E-state index is -0.141. The van der Waals surface area contributed by atoms with Crippen LogP contribution >= 0.6 is 0 Å². The third kappa shape index (κ3) is 3.84. The summed E-state index contributed by atoms with van der Waals surface area (Å²) in [6.07, 6.45) is 4.25. The molecule has 5 heteroatoms. The Morgan fingerprint density at radius 3 is 3.08 bits per heavy atom. The third-order valence-electron chi connectivity index (χ3n) is 4.48. The molecular weight excluding hydrogens is 302 g/mol. The molecule has 2 aliphatic rings. The number of rotatable bonds is 4. The normalized spacial score (nSPS) is 23.4.